The summed E-state index contributed by atoms with van der Waals surface area (Å²) < 4.78 is 0.725. The van der Waals surface area contributed by atoms with Crippen molar-refractivity contribution in [2.24, 2.45) is 0 Å². The largest absolute Gasteiger partial charge is 0.326 e. The lowest BCUT2D eigenvalue weighted by Crippen LogP contribution is -2.32. The summed E-state index contributed by atoms with van der Waals surface area (Å²) >= 11 is 9.22. The van der Waals surface area contributed by atoms with Crippen LogP contribution in [0.3, 0.4) is 0 Å². The lowest BCUT2D eigenvalue weighted by molar-refractivity contribution is -0.116. The summed E-state index contributed by atoms with van der Waals surface area (Å²) in [6.07, 6.45) is 0.0125. The zero-order valence-electron chi connectivity index (χ0n) is 13.3. The highest BCUT2D eigenvalue weighted by molar-refractivity contribution is 9.10. The Morgan fingerprint density at radius 3 is 2.60 bits per heavy atom. The first-order valence-corrected chi connectivity index (χ1v) is 8.75. The van der Waals surface area contributed by atoms with E-state index >= 15 is 0 Å². The van der Waals surface area contributed by atoms with Crippen molar-refractivity contribution in [2.75, 3.05) is 11.9 Å². The molecule has 1 aliphatic heterocycles. The molecule has 7 heteroatoms. The third-order valence-electron chi connectivity index (χ3n) is 3.97. The van der Waals surface area contributed by atoms with Gasteiger partial charge in [0.1, 0.15) is 0 Å². The van der Waals surface area contributed by atoms with Gasteiger partial charge in [-0.1, -0.05) is 33.6 Å². The molecule has 128 valence electrons. The lowest BCUT2D eigenvalue weighted by Gasteiger charge is -2.14. The molecule has 0 atom stereocenters. The van der Waals surface area contributed by atoms with Crippen LogP contribution >= 0.6 is 27.5 Å². The molecule has 1 heterocycles. The van der Waals surface area contributed by atoms with E-state index in [0.717, 1.165) is 14.9 Å². The minimum absolute atomic E-state index is 0.0125. The van der Waals surface area contributed by atoms with Gasteiger partial charge < -0.3 is 5.32 Å². The first kappa shape index (κ1) is 17.6. The van der Waals surface area contributed by atoms with Gasteiger partial charge in [0.25, 0.3) is 11.8 Å². The van der Waals surface area contributed by atoms with E-state index in [-0.39, 0.29) is 30.7 Å². The topological polar surface area (TPSA) is 66.5 Å². The van der Waals surface area contributed by atoms with Gasteiger partial charge in [0, 0.05) is 28.1 Å². The van der Waals surface area contributed by atoms with Gasteiger partial charge in [-0.3, -0.25) is 19.3 Å². The third kappa shape index (κ3) is 3.60. The molecule has 3 rings (SSSR count). The molecule has 0 saturated carbocycles. The van der Waals surface area contributed by atoms with Gasteiger partial charge in [-0.15, -0.1) is 0 Å². The fourth-order valence-electron chi connectivity index (χ4n) is 2.62. The molecule has 25 heavy (non-hydrogen) atoms. The molecule has 0 fully saturated rings. The minimum atomic E-state index is -0.381. The Labute approximate surface area is 158 Å². The maximum absolute atomic E-state index is 12.4. The van der Waals surface area contributed by atoms with E-state index in [0.29, 0.717) is 21.8 Å². The number of nitrogens with zero attached hydrogens (tertiary/aromatic N) is 1. The summed E-state index contributed by atoms with van der Waals surface area (Å²) in [5, 5.41) is 3.27. The normalized spacial score (nSPS) is 13.2. The van der Waals surface area contributed by atoms with Crippen LogP contribution in [-0.4, -0.2) is 29.2 Å². The number of rotatable bonds is 4. The molecular formula is C18H14BrClN2O3. The van der Waals surface area contributed by atoms with Gasteiger partial charge in [-0.2, -0.15) is 0 Å². The third-order valence-corrected chi connectivity index (χ3v) is 4.70. The molecule has 0 radical (unpaired) electrons. The van der Waals surface area contributed by atoms with Crippen molar-refractivity contribution < 1.29 is 14.4 Å². The molecule has 0 bridgehead atoms. The van der Waals surface area contributed by atoms with Gasteiger partial charge in [0.2, 0.25) is 5.91 Å². The SMILES string of the molecule is Cc1ccc(Cl)cc1NC(=O)CCN1C(=O)c2ccc(Br)cc2C1=O. The van der Waals surface area contributed by atoms with Crippen molar-refractivity contribution >= 4 is 50.9 Å². The standard InChI is InChI=1S/C18H14BrClN2O3/c1-10-2-4-12(20)9-15(10)21-16(23)6-7-22-17(24)13-5-3-11(19)8-14(13)18(22)25/h2-5,8-9H,6-7H2,1H3,(H,21,23). The van der Waals surface area contributed by atoms with Crippen LogP contribution in [0.5, 0.6) is 0 Å². The summed E-state index contributed by atoms with van der Waals surface area (Å²) in [5.41, 5.74) is 2.21. The smallest absolute Gasteiger partial charge is 0.261 e. The van der Waals surface area contributed by atoms with Gasteiger partial charge in [-0.05, 0) is 42.8 Å². The van der Waals surface area contributed by atoms with Gasteiger partial charge >= 0.3 is 0 Å². The minimum Gasteiger partial charge on any atom is -0.326 e. The van der Waals surface area contributed by atoms with Crippen molar-refractivity contribution in [3.8, 4) is 0 Å². The number of carbonyl (C=O) groups excluding carboxylic acids is 3. The average molecular weight is 422 g/mol. The maximum atomic E-state index is 12.4. The van der Waals surface area contributed by atoms with E-state index in [1.165, 1.54) is 0 Å². The fraction of sp³-hybridized carbons (Fsp3) is 0.167. The quantitative estimate of drug-likeness (QED) is 0.758. The molecule has 0 aliphatic carbocycles. The number of hydrogen-bond donors (Lipinski definition) is 1. The predicted octanol–water partition coefficient (Wildman–Crippen LogP) is 4.04. The zero-order chi connectivity index (χ0) is 18.1. The van der Waals surface area contributed by atoms with Crippen molar-refractivity contribution in [1.82, 2.24) is 4.90 Å². The number of nitrogens with one attached hydrogen (secondary N) is 1. The molecule has 5 nitrogen and oxygen atoms in total. The number of amides is 3. The van der Waals surface area contributed by atoms with Crippen molar-refractivity contribution in [1.29, 1.82) is 0 Å². The summed E-state index contributed by atoms with van der Waals surface area (Å²) in [6.45, 7) is 1.88. The number of aryl methyl sites for hydroxylation is 1. The molecule has 0 aromatic heterocycles. The van der Waals surface area contributed by atoms with Gasteiger partial charge in [-0.25, -0.2) is 0 Å². The summed E-state index contributed by atoms with van der Waals surface area (Å²) in [7, 11) is 0. The number of hydrogen-bond acceptors (Lipinski definition) is 3. The number of fused-ring (bicyclic) bond motifs is 1. The van der Waals surface area contributed by atoms with Crippen LogP contribution in [0.1, 0.15) is 32.7 Å². The second-order valence-corrected chi connectivity index (χ2v) is 7.06. The Kier molecular flexibility index (Phi) is 4.92. The molecule has 2 aromatic carbocycles. The Bertz CT molecular complexity index is 898. The Hall–Kier alpha value is -2.18. The second-order valence-electron chi connectivity index (χ2n) is 5.71. The highest BCUT2D eigenvalue weighted by Gasteiger charge is 2.35. The van der Waals surface area contributed by atoms with Crippen LogP contribution in [0.4, 0.5) is 5.69 Å². The highest BCUT2D eigenvalue weighted by Crippen LogP contribution is 2.26. The first-order chi connectivity index (χ1) is 11.9. The van der Waals surface area contributed by atoms with E-state index in [1.54, 1.807) is 36.4 Å². The van der Waals surface area contributed by atoms with Crippen LogP contribution < -0.4 is 5.32 Å². The zero-order valence-corrected chi connectivity index (χ0v) is 15.6. The monoisotopic (exact) mass is 420 g/mol. The summed E-state index contributed by atoms with van der Waals surface area (Å²) in [4.78, 5) is 38.0. The maximum Gasteiger partial charge on any atom is 0.261 e. The van der Waals surface area contributed by atoms with Crippen LogP contribution in [0.15, 0.2) is 40.9 Å². The van der Waals surface area contributed by atoms with Crippen LogP contribution in [-0.2, 0) is 4.79 Å². The van der Waals surface area contributed by atoms with E-state index < -0.39 is 0 Å². The second kappa shape index (κ2) is 6.98. The Morgan fingerprint density at radius 1 is 1.12 bits per heavy atom. The fourth-order valence-corrected chi connectivity index (χ4v) is 3.15. The van der Waals surface area contributed by atoms with E-state index in [9.17, 15) is 14.4 Å². The molecule has 0 spiro atoms. The van der Waals surface area contributed by atoms with E-state index in [4.69, 9.17) is 11.6 Å². The molecule has 3 amide bonds. The summed E-state index contributed by atoms with van der Waals surface area (Å²) in [6, 6.07) is 10.1. The molecule has 0 saturated heterocycles. The number of imide groups is 1. The molecule has 1 aliphatic rings. The Morgan fingerprint density at radius 2 is 1.84 bits per heavy atom. The molecular weight excluding hydrogens is 408 g/mol. The van der Waals surface area contributed by atoms with E-state index in [2.05, 4.69) is 21.2 Å². The van der Waals surface area contributed by atoms with Gasteiger partial charge in [0.15, 0.2) is 0 Å². The number of anilines is 1. The van der Waals surface area contributed by atoms with Crippen molar-refractivity contribution in [2.45, 2.75) is 13.3 Å². The van der Waals surface area contributed by atoms with Crippen LogP contribution in [0.2, 0.25) is 5.02 Å². The van der Waals surface area contributed by atoms with Gasteiger partial charge in [0.05, 0.1) is 11.1 Å². The lowest BCUT2D eigenvalue weighted by atomic mass is 10.1. The Balaban J connectivity index is 1.66. The molecule has 0 unspecified atom stereocenters. The molecule has 2 aromatic rings. The number of benzene rings is 2. The average Bonchev–Trinajstić information content (AvgIpc) is 2.80. The number of halogens is 2. The summed E-state index contributed by atoms with van der Waals surface area (Å²) in [5.74, 6) is -1.05. The number of carbonyl (C=O) groups is 3. The predicted molar refractivity (Wildman–Crippen MR) is 98.9 cm³/mol. The molecule has 1 N–H and O–H groups in total. The first-order valence-electron chi connectivity index (χ1n) is 7.58. The van der Waals surface area contributed by atoms with Crippen molar-refractivity contribution in [3.63, 3.8) is 0 Å². The van der Waals surface area contributed by atoms with Crippen LogP contribution in [0.25, 0.3) is 0 Å². The van der Waals surface area contributed by atoms with Crippen molar-refractivity contribution in [3.05, 3.63) is 62.6 Å². The van der Waals surface area contributed by atoms with E-state index in [1.807, 2.05) is 6.92 Å². The highest BCUT2D eigenvalue weighted by atomic mass is 79.9. The van der Waals surface area contributed by atoms with Crippen LogP contribution in [0, 0.1) is 6.92 Å².